The molecule has 258 valence electrons. The van der Waals surface area contributed by atoms with E-state index in [1.165, 1.54) is 5.56 Å². The van der Waals surface area contributed by atoms with Crippen LogP contribution in [0.2, 0.25) is 0 Å². The first-order valence-electron chi connectivity index (χ1n) is 18.4. The standard InChI is InChI=1S/C51H33N3O/c1-4-14-34(15-5-1)35-28-30-38(31-29-35)50-52-49(37-18-8-3-9-19-37)53-51(54-50)42-23-11-21-40(33-42)39-20-10-22-41(32-39)43-24-13-27-46-47(43)45-26-12-25-44(48(45)55-46)36-16-6-2-7-17-36/h1-33H. The Kier molecular flexibility index (Phi) is 8.12. The van der Waals surface area contributed by atoms with Crippen LogP contribution >= 0.6 is 0 Å². The molecule has 0 bridgehead atoms. The van der Waals surface area contributed by atoms with E-state index in [2.05, 4.69) is 158 Å². The summed E-state index contributed by atoms with van der Waals surface area (Å²) in [5, 5.41) is 2.22. The second-order valence-electron chi connectivity index (χ2n) is 13.6. The van der Waals surface area contributed by atoms with Crippen LogP contribution in [0, 0.1) is 0 Å². The minimum Gasteiger partial charge on any atom is -0.455 e. The van der Waals surface area contributed by atoms with Crippen molar-refractivity contribution in [1.82, 2.24) is 15.0 Å². The van der Waals surface area contributed by atoms with Gasteiger partial charge in [-0.1, -0.05) is 182 Å². The van der Waals surface area contributed by atoms with E-state index in [9.17, 15) is 0 Å². The van der Waals surface area contributed by atoms with Crippen molar-refractivity contribution in [2.75, 3.05) is 0 Å². The van der Waals surface area contributed by atoms with Crippen molar-refractivity contribution in [2.45, 2.75) is 0 Å². The zero-order chi connectivity index (χ0) is 36.6. The Bertz CT molecular complexity index is 2950. The Hall–Kier alpha value is -7.43. The molecule has 0 aliphatic heterocycles. The first kappa shape index (κ1) is 32.2. The molecule has 55 heavy (non-hydrogen) atoms. The van der Waals surface area contributed by atoms with E-state index in [-0.39, 0.29) is 0 Å². The van der Waals surface area contributed by atoms with Crippen molar-refractivity contribution >= 4 is 21.9 Å². The van der Waals surface area contributed by atoms with Gasteiger partial charge in [0.1, 0.15) is 11.2 Å². The Morgan fingerprint density at radius 3 is 1.40 bits per heavy atom. The molecule has 0 unspecified atom stereocenters. The fourth-order valence-electron chi connectivity index (χ4n) is 7.43. The van der Waals surface area contributed by atoms with Crippen molar-refractivity contribution in [3.8, 4) is 78.7 Å². The van der Waals surface area contributed by atoms with Crippen LogP contribution in [0.5, 0.6) is 0 Å². The number of fused-ring (bicyclic) bond motifs is 3. The molecular weight excluding hydrogens is 671 g/mol. The van der Waals surface area contributed by atoms with Crippen LogP contribution in [0.3, 0.4) is 0 Å². The van der Waals surface area contributed by atoms with Crippen molar-refractivity contribution in [3.63, 3.8) is 0 Å². The number of hydrogen-bond acceptors (Lipinski definition) is 4. The lowest BCUT2D eigenvalue weighted by Crippen LogP contribution is -2.00. The van der Waals surface area contributed by atoms with Gasteiger partial charge < -0.3 is 4.42 Å². The lowest BCUT2D eigenvalue weighted by atomic mass is 9.94. The van der Waals surface area contributed by atoms with Gasteiger partial charge in [-0.15, -0.1) is 0 Å². The van der Waals surface area contributed by atoms with E-state index in [0.29, 0.717) is 17.5 Å². The van der Waals surface area contributed by atoms with Gasteiger partial charge in [0, 0.05) is 33.0 Å². The summed E-state index contributed by atoms with van der Waals surface area (Å²) in [6.45, 7) is 0. The molecule has 8 aromatic carbocycles. The number of aromatic nitrogens is 3. The second kappa shape index (κ2) is 13.8. The third kappa shape index (κ3) is 6.16. The number of para-hydroxylation sites is 1. The van der Waals surface area contributed by atoms with Crippen LogP contribution < -0.4 is 0 Å². The van der Waals surface area contributed by atoms with Crippen molar-refractivity contribution in [3.05, 3.63) is 200 Å². The normalized spacial score (nSPS) is 11.3. The van der Waals surface area contributed by atoms with Gasteiger partial charge in [0.15, 0.2) is 17.5 Å². The molecule has 10 aromatic rings. The quantitative estimate of drug-likeness (QED) is 0.166. The third-order valence-electron chi connectivity index (χ3n) is 10.2. The molecule has 0 aliphatic carbocycles. The molecule has 2 heterocycles. The molecule has 0 atom stereocenters. The van der Waals surface area contributed by atoms with E-state index in [1.54, 1.807) is 0 Å². The summed E-state index contributed by atoms with van der Waals surface area (Å²) in [5.41, 5.74) is 13.5. The highest BCUT2D eigenvalue weighted by Crippen LogP contribution is 2.41. The maximum Gasteiger partial charge on any atom is 0.164 e. The van der Waals surface area contributed by atoms with Crippen LogP contribution in [0.4, 0.5) is 0 Å². The zero-order valence-electron chi connectivity index (χ0n) is 29.8. The fraction of sp³-hybridized carbons (Fsp3) is 0. The fourth-order valence-corrected chi connectivity index (χ4v) is 7.43. The first-order chi connectivity index (χ1) is 27.2. The Balaban J connectivity index is 1.04. The number of nitrogens with zero attached hydrogens (tertiary/aromatic N) is 3. The van der Waals surface area contributed by atoms with E-state index < -0.39 is 0 Å². The topological polar surface area (TPSA) is 51.8 Å². The maximum atomic E-state index is 6.57. The Labute approximate surface area is 319 Å². The summed E-state index contributed by atoms with van der Waals surface area (Å²) in [6.07, 6.45) is 0. The molecule has 10 rings (SSSR count). The number of furan rings is 1. The molecule has 0 spiro atoms. The summed E-state index contributed by atoms with van der Waals surface area (Å²) in [6, 6.07) is 69.3. The zero-order valence-corrected chi connectivity index (χ0v) is 29.8. The van der Waals surface area contributed by atoms with Gasteiger partial charge in [-0.3, -0.25) is 0 Å². The summed E-state index contributed by atoms with van der Waals surface area (Å²) >= 11 is 0. The molecule has 0 saturated carbocycles. The molecule has 0 saturated heterocycles. The maximum absolute atomic E-state index is 6.57. The molecule has 0 fully saturated rings. The van der Waals surface area contributed by atoms with Crippen molar-refractivity contribution in [2.24, 2.45) is 0 Å². The lowest BCUT2D eigenvalue weighted by Gasteiger charge is -2.11. The monoisotopic (exact) mass is 703 g/mol. The smallest absolute Gasteiger partial charge is 0.164 e. The van der Waals surface area contributed by atoms with Crippen LogP contribution in [0.1, 0.15) is 0 Å². The summed E-state index contributed by atoms with van der Waals surface area (Å²) in [7, 11) is 0. The van der Waals surface area contributed by atoms with Gasteiger partial charge in [-0.25, -0.2) is 15.0 Å². The molecule has 0 radical (unpaired) electrons. The van der Waals surface area contributed by atoms with E-state index >= 15 is 0 Å². The van der Waals surface area contributed by atoms with Crippen LogP contribution in [0.15, 0.2) is 205 Å². The van der Waals surface area contributed by atoms with Gasteiger partial charge in [-0.2, -0.15) is 0 Å². The van der Waals surface area contributed by atoms with Gasteiger partial charge in [-0.05, 0) is 57.1 Å². The predicted molar refractivity (Wildman–Crippen MR) is 225 cm³/mol. The van der Waals surface area contributed by atoms with Gasteiger partial charge >= 0.3 is 0 Å². The Morgan fingerprint density at radius 1 is 0.291 bits per heavy atom. The number of benzene rings is 8. The highest BCUT2D eigenvalue weighted by Gasteiger charge is 2.17. The lowest BCUT2D eigenvalue weighted by molar-refractivity contribution is 0.670. The van der Waals surface area contributed by atoms with Gasteiger partial charge in [0.2, 0.25) is 0 Å². The molecule has 0 aliphatic rings. The highest BCUT2D eigenvalue weighted by atomic mass is 16.3. The summed E-state index contributed by atoms with van der Waals surface area (Å²) in [5.74, 6) is 1.89. The van der Waals surface area contributed by atoms with Crippen LogP contribution in [-0.4, -0.2) is 15.0 Å². The highest BCUT2D eigenvalue weighted by molar-refractivity contribution is 6.15. The molecule has 4 nitrogen and oxygen atoms in total. The summed E-state index contributed by atoms with van der Waals surface area (Å²) in [4.78, 5) is 15.0. The second-order valence-corrected chi connectivity index (χ2v) is 13.6. The molecule has 4 heteroatoms. The molecule has 0 amide bonds. The first-order valence-corrected chi connectivity index (χ1v) is 18.4. The van der Waals surface area contributed by atoms with E-state index in [1.807, 2.05) is 42.5 Å². The van der Waals surface area contributed by atoms with Crippen molar-refractivity contribution in [1.29, 1.82) is 0 Å². The SMILES string of the molecule is c1ccc(-c2ccc(-c3nc(-c4ccccc4)nc(-c4cccc(-c5cccc(-c6cccc7oc8c(-c9ccccc9)cccc8c67)c5)c4)n3)cc2)cc1. The van der Waals surface area contributed by atoms with Gasteiger partial charge in [0.05, 0.1) is 0 Å². The van der Waals surface area contributed by atoms with Crippen LogP contribution in [0.25, 0.3) is 101 Å². The average molecular weight is 704 g/mol. The van der Waals surface area contributed by atoms with E-state index in [4.69, 9.17) is 19.4 Å². The Morgan fingerprint density at radius 2 is 0.727 bits per heavy atom. The average Bonchev–Trinajstić information content (AvgIpc) is 3.67. The van der Waals surface area contributed by atoms with E-state index in [0.717, 1.165) is 77.6 Å². The third-order valence-corrected chi connectivity index (χ3v) is 10.2. The van der Waals surface area contributed by atoms with Gasteiger partial charge in [0.25, 0.3) is 0 Å². The number of hydrogen-bond donors (Lipinski definition) is 0. The largest absolute Gasteiger partial charge is 0.455 e. The molecule has 2 aromatic heterocycles. The predicted octanol–water partition coefficient (Wildman–Crippen LogP) is 13.4. The molecule has 0 N–H and O–H groups in total. The minimum atomic E-state index is 0.623. The summed E-state index contributed by atoms with van der Waals surface area (Å²) < 4.78 is 6.57. The molecular formula is C51H33N3O. The van der Waals surface area contributed by atoms with Crippen LogP contribution in [-0.2, 0) is 0 Å². The van der Waals surface area contributed by atoms with Crippen molar-refractivity contribution < 1.29 is 4.42 Å². The minimum absolute atomic E-state index is 0.623. The number of rotatable bonds is 7.